The number of hydrogen-bond acceptors (Lipinski definition) is 3. The molecule has 1 rings (SSSR count). The quantitative estimate of drug-likeness (QED) is 0.617. The van der Waals surface area contributed by atoms with Gasteiger partial charge in [0.05, 0.1) is 12.8 Å². The van der Waals surface area contributed by atoms with Crippen molar-refractivity contribution in [1.82, 2.24) is 10.2 Å². The topological polar surface area (TPSA) is 55.0 Å². The first kappa shape index (κ1) is 11.5. The molecule has 0 amide bonds. The summed E-state index contributed by atoms with van der Waals surface area (Å²) in [5, 5.41) is 4.96. The van der Waals surface area contributed by atoms with Gasteiger partial charge in [-0.3, -0.25) is 5.10 Å². The number of rotatable bonds is 2. The molecule has 84 valence electrons. The van der Waals surface area contributed by atoms with E-state index >= 15 is 0 Å². The molecule has 0 aliphatic carbocycles. The maximum Gasteiger partial charge on any atom is 0.425 e. The van der Waals surface area contributed by atoms with Crippen molar-refractivity contribution in [3.63, 3.8) is 0 Å². The van der Waals surface area contributed by atoms with E-state index in [0.717, 1.165) is 7.11 Å². The summed E-state index contributed by atoms with van der Waals surface area (Å²) in [7, 11) is 1.04. The molecule has 0 saturated heterocycles. The van der Waals surface area contributed by atoms with Crippen LogP contribution in [0, 0.1) is 0 Å². The number of halogens is 4. The summed E-state index contributed by atoms with van der Waals surface area (Å²) in [6, 6.07) is 0.657. The van der Waals surface area contributed by atoms with E-state index in [0.29, 0.717) is 6.07 Å². The average molecular weight is 226 g/mol. The number of methoxy groups -OCH3 is 1. The van der Waals surface area contributed by atoms with Crippen LogP contribution in [0.1, 0.15) is 22.4 Å². The van der Waals surface area contributed by atoms with Gasteiger partial charge in [0.25, 0.3) is 0 Å². The first-order valence-corrected chi connectivity index (χ1v) is 3.70. The molecule has 8 heteroatoms. The van der Waals surface area contributed by atoms with E-state index in [-0.39, 0.29) is 0 Å². The van der Waals surface area contributed by atoms with Crippen LogP contribution in [-0.4, -0.2) is 29.5 Å². The van der Waals surface area contributed by atoms with Crippen LogP contribution in [0.2, 0.25) is 0 Å². The van der Waals surface area contributed by atoms with E-state index < -0.39 is 29.7 Å². The number of H-pyrrole nitrogens is 1. The Balaban J connectivity index is 2.89. The highest BCUT2D eigenvalue weighted by Gasteiger charge is 2.42. The van der Waals surface area contributed by atoms with Gasteiger partial charge in [0.2, 0.25) is 6.17 Å². The van der Waals surface area contributed by atoms with Crippen LogP contribution in [0.4, 0.5) is 17.6 Å². The van der Waals surface area contributed by atoms with E-state index in [1.807, 2.05) is 0 Å². The van der Waals surface area contributed by atoms with Crippen molar-refractivity contribution >= 4 is 5.97 Å². The second-order valence-corrected chi connectivity index (χ2v) is 2.60. The van der Waals surface area contributed by atoms with Crippen LogP contribution in [0.5, 0.6) is 0 Å². The Morgan fingerprint density at radius 1 is 1.60 bits per heavy atom. The Morgan fingerprint density at radius 3 is 2.67 bits per heavy atom. The zero-order valence-corrected chi connectivity index (χ0v) is 7.43. The van der Waals surface area contributed by atoms with Gasteiger partial charge in [-0.25, -0.2) is 9.18 Å². The van der Waals surface area contributed by atoms with E-state index in [4.69, 9.17) is 0 Å². The Labute approximate surface area is 81.2 Å². The minimum absolute atomic E-state index is 0.403. The monoisotopic (exact) mass is 226 g/mol. The van der Waals surface area contributed by atoms with Gasteiger partial charge >= 0.3 is 12.1 Å². The zero-order chi connectivity index (χ0) is 11.6. The Hall–Kier alpha value is -1.60. The number of hydrogen-bond donors (Lipinski definition) is 1. The molecular weight excluding hydrogens is 220 g/mol. The van der Waals surface area contributed by atoms with Crippen LogP contribution in [0.25, 0.3) is 0 Å². The molecule has 1 aromatic heterocycles. The largest absolute Gasteiger partial charge is 0.464 e. The average Bonchev–Trinajstić information content (AvgIpc) is 2.62. The Morgan fingerprint density at radius 2 is 2.20 bits per heavy atom. The molecule has 1 heterocycles. The van der Waals surface area contributed by atoms with E-state index in [9.17, 15) is 22.4 Å². The van der Waals surface area contributed by atoms with Crippen molar-refractivity contribution in [3.8, 4) is 0 Å². The lowest BCUT2D eigenvalue weighted by Crippen LogP contribution is -2.16. The number of carbonyl (C=O) groups is 1. The van der Waals surface area contributed by atoms with Crippen molar-refractivity contribution in [3.05, 3.63) is 17.5 Å². The third-order valence-electron chi connectivity index (χ3n) is 1.55. The maximum absolute atomic E-state index is 12.7. The lowest BCUT2D eigenvalue weighted by molar-refractivity contribution is -0.183. The zero-order valence-electron chi connectivity index (χ0n) is 7.43. The number of nitrogens with zero attached hydrogens (tertiary/aromatic N) is 1. The first-order valence-electron chi connectivity index (χ1n) is 3.70. The fraction of sp³-hybridized carbons (Fsp3) is 0.429. The summed E-state index contributed by atoms with van der Waals surface area (Å²) in [5.74, 6) is -0.938. The van der Waals surface area contributed by atoms with Crippen molar-refractivity contribution in [1.29, 1.82) is 0 Å². The summed E-state index contributed by atoms with van der Waals surface area (Å²) in [5.41, 5.74) is -1.23. The van der Waals surface area contributed by atoms with Crippen molar-refractivity contribution in [2.24, 2.45) is 0 Å². The van der Waals surface area contributed by atoms with Crippen molar-refractivity contribution in [2.45, 2.75) is 12.3 Å². The Kier molecular flexibility index (Phi) is 2.96. The van der Waals surface area contributed by atoms with Crippen molar-refractivity contribution < 1.29 is 27.1 Å². The predicted molar refractivity (Wildman–Crippen MR) is 39.8 cm³/mol. The van der Waals surface area contributed by atoms with E-state index in [1.165, 1.54) is 0 Å². The smallest absolute Gasteiger partial charge is 0.425 e. The molecule has 0 fully saturated rings. The number of aromatic amines is 1. The molecule has 0 aliphatic heterocycles. The normalized spacial score (nSPS) is 13.7. The molecule has 1 atom stereocenters. The molecule has 15 heavy (non-hydrogen) atoms. The highest BCUT2D eigenvalue weighted by atomic mass is 19.4. The molecule has 0 saturated carbocycles. The molecule has 0 bridgehead atoms. The summed E-state index contributed by atoms with van der Waals surface area (Å²) in [4.78, 5) is 10.8. The van der Waals surface area contributed by atoms with Gasteiger partial charge in [0, 0.05) is 0 Å². The fourth-order valence-corrected chi connectivity index (χ4v) is 0.852. The van der Waals surface area contributed by atoms with Gasteiger partial charge in [-0.2, -0.15) is 18.3 Å². The fourth-order valence-electron chi connectivity index (χ4n) is 0.852. The number of esters is 1. The number of ether oxygens (including phenoxy) is 1. The molecule has 0 radical (unpaired) electrons. The lowest BCUT2D eigenvalue weighted by atomic mass is 10.2. The molecule has 4 nitrogen and oxygen atoms in total. The third-order valence-corrected chi connectivity index (χ3v) is 1.55. The van der Waals surface area contributed by atoms with Crippen LogP contribution < -0.4 is 0 Å². The van der Waals surface area contributed by atoms with Gasteiger partial charge in [-0.1, -0.05) is 0 Å². The lowest BCUT2D eigenvalue weighted by Gasteiger charge is -2.09. The second-order valence-electron chi connectivity index (χ2n) is 2.60. The molecule has 1 N–H and O–H groups in total. The molecule has 1 unspecified atom stereocenters. The predicted octanol–water partition coefficient (Wildman–Crippen LogP) is 1.77. The minimum Gasteiger partial charge on any atom is -0.464 e. The van der Waals surface area contributed by atoms with Crippen molar-refractivity contribution in [2.75, 3.05) is 7.11 Å². The minimum atomic E-state index is -5.03. The van der Waals surface area contributed by atoms with Crippen LogP contribution >= 0.6 is 0 Å². The maximum atomic E-state index is 12.7. The second kappa shape index (κ2) is 3.87. The SMILES string of the molecule is COC(=O)c1cc(C(F)C(F)(F)F)[nH]n1. The molecule has 0 spiro atoms. The molecule has 0 aliphatic rings. The number of nitrogens with one attached hydrogen (secondary N) is 1. The van der Waals surface area contributed by atoms with E-state index in [2.05, 4.69) is 9.84 Å². The number of alkyl halides is 4. The van der Waals surface area contributed by atoms with Crippen LogP contribution in [0.3, 0.4) is 0 Å². The summed E-state index contributed by atoms with van der Waals surface area (Å²) >= 11 is 0. The number of aromatic nitrogens is 2. The summed E-state index contributed by atoms with van der Waals surface area (Å²) in [6.07, 6.45) is -8.22. The van der Waals surface area contributed by atoms with E-state index in [1.54, 1.807) is 5.10 Å². The van der Waals surface area contributed by atoms with Crippen LogP contribution in [-0.2, 0) is 4.74 Å². The first-order chi connectivity index (χ1) is 6.86. The molecular formula is C7H6F4N2O2. The third kappa shape index (κ3) is 2.45. The van der Waals surface area contributed by atoms with Gasteiger partial charge in [-0.15, -0.1) is 0 Å². The standard InChI is InChI=1S/C7H6F4N2O2/c1-15-6(14)4-2-3(12-13-4)5(8)7(9,10)11/h2,5H,1H3,(H,12,13). The molecule has 0 aromatic carbocycles. The van der Waals surface area contributed by atoms with Gasteiger partial charge in [-0.05, 0) is 6.07 Å². The van der Waals surface area contributed by atoms with Gasteiger partial charge < -0.3 is 4.74 Å². The Bertz CT molecular complexity index is 360. The van der Waals surface area contributed by atoms with Gasteiger partial charge in [0.15, 0.2) is 5.69 Å². The highest BCUT2D eigenvalue weighted by Crippen LogP contribution is 2.34. The van der Waals surface area contributed by atoms with Gasteiger partial charge in [0.1, 0.15) is 0 Å². The summed E-state index contributed by atoms with van der Waals surface area (Å²) in [6.45, 7) is 0. The molecule has 1 aromatic rings. The number of carbonyl (C=O) groups excluding carboxylic acids is 1. The van der Waals surface area contributed by atoms with Crippen LogP contribution in [0.15, 0.2) is 6.07 Å². The highest BCUT2D eigenvalue weighted by molar-refractivity contribution is 5.87. The summed E-state index contributed by atoms with van der Waals surface area (Å²) < 4.78 is 52.5.